The summed E-state index contributed by atoms with van der Waals surface area (Å²) < 4.78 is 5.63. The first-order valence-electron chi connectivity index (χ1n) is 9.09. The summed E-state index contributed by atoms with van der Waals surface area (Å²) in [4.78, 5) is 16.5. The SMILES string of the molecule is O=C(NC1CCN(Cc2cccs2)CC1)c1ccc2c(c1)CCCO2. The fourth-order valence-electron chi connectivity index (χ4n) is 3.63. The lowest BCUT2D eigenvalue weighted by atomic mass is 10.0. The molecule has 1 fully saturated rings. The summed E-state index contributed by atoms with van der Waals surface area (Å²) in [6, 6.07) is 10.4. The first kappa shape index (κ1) is 16.6. The van der Waals surface area contributed by atoms with E-state index >= 15 is 0 Å². The summed E-state index contributed by atoms with van der Waals surface area (Å²) in [5.41, 5.74) is 1.91. The molecule has 0 bridgehead atoms. The van der Waals surface area contributed by atoms with Gasteiger partial charge in [-0.1, -0.05) is 6.07 Å². The molecule has 1 saturated heterocycles. The van der Waals surface area contributed by atoms with Crippen LogP contribution in [-0.2, 0) is 13.0 Å². The van der Waals surface area contributed by atoms with Crippen LogP contribution < -0.4 is 10.1 Å². The molecule has 2 aliphatic rings. The molecule has 1 aromatic heterocycles. The highest BCUT2D eigenvalue weighted by Gasteiger charge is 2.22. The number of fused-ring (bicyclic) bond motifs is 1. The second-order valence-electron chi connectivity index (χ2n) is 6.88. The highest BCUT2D eigenvalue weighted by Crippen LogP contribution is 2.25. The number of aryl methyl sites for hydroxylation is 1. The first-order chi connectivity index (χ1) is 12.3. The van der Waals surface area contributed by atoms with Crippen LogP contribution in [0, 0.1) is 0 Å². The van der Waals surface area contributed by atoms with Crippen LogP contribution in [0.4, 0.5) is 0 Å². The van der Waals surface area contributed by atoms with Crippen LogP contribution in [0.5, 0.6) is 5.75 Å². The molecule has 25 heavy (non-hydrogen) atoms. The molecule has 2 aliphatic heterocycles. The van der Waals surface area contributed by atoms with E-state index in [2.05, 4.69) is 27.7 Å². The van der Waals surface area contributed by atoms with Crippen LogP contribution in [0.3, 0.4) is 0 Å². The van der Waals surface area contributed by atoms with Gasteiger partial charge in [-0.15, -0.1) is 11.3 Å². The number of hydrogen-bond acceptors (Lipinski definition) is 4. The van der Waals surface area contributed by atoms with Crippen molar-refractivity contribution in [3.8, 4) is 5.75 Å². The van der Waals surface area contributed by atoms with Gasteiger partial charge in [0.1, 0.15) is 5.75 Å². The number of likely N-dealkylation sites (tertiary alicyclic amines) is 1. The van der Waals surface area contributed by atoms with Gasteiger partial charge < -0.3 is 10.1 Å². The zero-order valence-electron chi connectivity index (χ0n) is 14.4. The van der Waals surface area contributed by atoms with Gasteiger partial charge in [-0.3, -0.25) is 9.69 Å². The van der Waals surface area contributed by atoms with E-state index < -0.39 is 0 Å². The number of benzene rings is 1. The van der Waals surface area contributed by atoms with Crippen LogP contribution in [-0.4, -0.2) is 36.5 Å². The average molecular weight is 356 g/mol. The van der Waals surface area contributed by atoms with Crippen molar-refractivity contribution in [3.63, 3.8) is 0 Å². The van der Waals surface area contributed by atoms with Crippen molar-refractivity contribution in [3.05, 3.63) is 51.7 Å². The maximum absolute atomic E-state index is 12.6. The van der Waals surface area contributed by atoms with Gasteiger partial charge in [-0.05, 0) is 60.9 Å². The molecule has 1 amide bonds. The topological polar surface area (TPSA) is 41.6 Å². The summed E-state index contributed by atoms with van der Waals surface area (Å²) in [5.74, 6) is 0.981. The number of hydrogen-bond donors (Lipinski definition) is 1. The summed E-state index contributed by atoms with van der Waals surface area (Å²) in [6.45, 7) is 3.90. The number of nitrogens with zero attached hydrogens (tertiary/aromatic N) is 1. The van der Waals surface area contributed by atoms with Crippen molar-refractivity contribution in [1.29, 1.82) is 0 Å². The number of nitrogens with one attached hydrogen (secondary N) is 1. The number of amides is 1. The van der Waals surface area contributed by atoms with Gasteiger partial charge in [-0.2, -0.15) is 0 Å². The monoisotopic (exact) mass is 356 g/mol. The standard InChI is InChI=1S/C20H24N2O2S/c23-20(16-5-6-19-15(13-16)3-1-11-24-19)21-17-7-9-22(10-8-17)14-18-4-2-12-25-18/h2,4-6,12-13,17H,1,3,7-11,14H2,(H,21,23). The highest BCUT2D eigenvalue weighted by atomic mass is 32.1. The first-order valence-corrected chi connectivity index (χ1v) is 9.97. The number of rotatable bonds is 4. The van der Waals surface area contributed by atoms with E-state index in [0.717, 1.165) is 68.8 Å². The average Bonchev–Trinajstić information content (AvgIpc) is 3.16. The smallest absolute Gasteiger partial charge is 0.251 e. The summed E-state index contributed by atoms with van der Waals surface area (Å²) in [7, 11) is 0. The van der Waals surface area contributed by atoms with Gasteiger partial charge in [-0.25, -0.2) is 0 Å². The molecule has 2 aromatic rings. The summed E-state index contributed by atoms with van der Waals surface area (Å²) >= 11 is 1.81. The van der Waals surface area contributed by atoms with E-state index in [4.69, 9.17) is 4.74 Å². The van der Waals surface area contributed by atoms with E-state index in [9.17, 15) is 4.79 Å². The van der Waals surface area contributed by atoms with Crippen LogP contribution in [0.1, 0.15) is 40.1 Å². The summed E-state index contributed by atoms with van der Waals surface area (Å²) in [6.07, 6.45) is 4.06. The van der Waals surface area contributed by atoms with Crippen LogP contribution >= 0.6 is 11.3 Å². The predicted molar refractivity (Wildman–Crippen MR) is 100 cm³/mol. The fourth-order valence-corrected chi connectivity index (χ4v) is 4.37. The lowest BCUT2D eigenvalue weighted by Gasteiger charge is -2.32. The quantitative estimate of drug-likeness (QED) is 0.912. The van der Waals surface area contributed by atoms with Gasteiger partial charge in [0.15, 0.2) is 0 Å². The fraction of sp³-hybridized carbons (Fsp3) is 0.450. The van der Waals surface area contributed by atoms with Crippen molar-refractivity contribution in [2.24, 2.45) is 0 Å². The van der Waals surface area contributed by atoms with Crippen molar-refractivity contribution < 1.29 is 9.53 Å². The van der Waals surface area contributed by atoms with E-state index in [-0.39, 0.29) is 11.9 Å². The maximum Gasteiger partial charge on any atom is 0.251 e. The Morgan fingerprint density at radius 1 is 1.28 bits per heavy atom. The molecular weight excluding hydrogens is 332 g/mol. The number of carbonyl (C=O) groups excluding carboxylic acids is 1. The van der Waals surface area contributed by atoms with E-state index in [1.807, 2.05) is 29.5 Å². The minimum atomic E-state index is 0.0464. The third kappa shape index (κ3) is 4.05. The highest BCUT2D eigenvalue weighted by molar-refractivity contribution is 7.09. The molecule has 4 nitrogen and oxygen atoms in total. The van der Waals surface area contributed by atoms with E-state index in [1.165, 1.54) is 4.88 Å². The molecule has 4 rings (SSSR count). The van der Waals surface area contributed by atoms with Gasteiger partial charge in [0, 0.05) is 36.1 Å². The summed E-state index contributed by atoms with van der Waals surface area (Å²) in [5, 5.41) is 5.35. The number of thiophene rings is 1. The molecular formula is C20H24N2O2S. The third-order valence-corrected chi connectivity index (χ3v) is 5.91. The predicted octanol–water partition coefficient (Wildman–Crippen LogP) is 3.47. The molecule has 0 radical (unpaired) electrons. The van der Waals surface area contributed by atoms with Crippen molar-refractivity contribution in [2.75, 3.05) is 19.7 Å². The Kier molecular flexibility index (Phi) is 5.04. The van der Waals surface area contributed by atoms with E-state index in [1.54, 1.807) is 0 Å². The second-order valence-corrected chi connectivity index (χ2v) is 7.91. The lowest BCUT2D eigenvalue weighted by molar-refractivity contribution is 0.0909. The Morgan fingerprint density at radius 2 is 2.16 bits per heavy atom. The Morgan fingerprint density at radius 3 is 2.96 bits per heavy atom. The molecule has 5 heteroatoms. The van der Waals surface area contributed by atoms with Gasteiger partial charge in [0.25, 0.3) is 5.91 Å². The van der Waals surface area contributed by atoms with Gasteiger partial charge in [0.05, 0.1) is 6.61 Å². The van der Waals surface area contributed by atoms with Crippen LogP contribution in [0.15, 0.2) is 35.7 Å². The normalized spacial score (nSPS) is 18.4. The van der Waals surface area contributed by atoms with Gasteiger partial charge >= 0.3 is 0 Å². The number of piperidine rings is 1. The van der Waals surface area contributed by atoms with E-state index in [0.29, 0.717) is 0 Å². The minimum absolute atomic E-state index is 0.0464. The van der Waals surface area contributed by atoms with Crippen LogP contribution in [0.25, 0.3) is 0 Å². The maximum atomic E-state index is 12.6. The number of carbonyl (C=O) groups is 1. The molecule has 1 N–H and O–H groups in total. The number of ether oxygens (including phenoxy) is 1. The van der Waals surface area contributed by atoms with Crippen LogP contribution in [0.2, 0.25) is 0 Å². The molecule has 132 valence electrons. The Labute approximate surface area is 152 Å². The Balaban J connectivity index is 1.30. The van der Waals surface area contributed by atoms with Crippen molar-refractivity contribution in [1.82, 2.24) is 10.2 Å². The van der Waals surface area contributed by atoms with Crippen molar-refractivity contribution >= 4 is 17.2 Å². The Bertz CT molecular complexity index is 721. The lowest BCUT2D eigenvalue weighted by Crippen LogP contribution is -2.44. The second kappa shape index (κ2) is 7.58. The third-order valence-electron chi connectivity index (χ3n) is 5.05. The zero-order valence-corrected chi connectivity index (χ0v) is 15.2. The molecule has 0 saturated carbocycles. The molecule has 1 aromatic carbocycles. The minimum Gasteiger partial charge on any atom is -0.493 e. The molecule has 0 unspecified atom stereocenters. The van der Waals surface area contributed by atoms with Crippen molar-refractivity contribution in [2.45, 2.75) is 38.3 Å². The molecule has 0 spiro atoms. The zero-order chi connectivity index (χ0) is 17.1. The largest absolute Gasteiger partial charge is 0.493 e. The molecule has 0 aliphatic carbocycles. The van der Waals surface area contributed by atoms with Gasteiger partial charge in [0.2, 0.25) is 0 Å². The molecule has 3 heterocycles. The Hall–Kier alpha value is -1.85. The molecule has 0 atom stereocenters.